The van der Waals surface area contributed by atoms with Gasteiger partial charge in [-0.3, -0.25) is 9.78 Å². The van der Waals surface area contributed by atoms with Crippen LogP contribution in [0.2, 0.25) is 0 Å². The Morgan fingerprint density at radius 2 is 2.00 bits per heavy atom. The van der Waals surface area contributed by atoms with Crippen LogP contribution in [-0.4, -0.2) is 33.0 Å². The van der Waals surface area contributed by atoms with Crippen molar-refractivity contribution < 1.29 is 14.1 Å². The molecule has 0 bridgehead atoms. The van der Waals surface area contributed by atoms with Crippen molar-refractivity contribution in [2.75, 3.05) is 7.05 Å². The molecule has 2 aromatic carbocycles. The molecule has 1 N–H and O–H groups in total. The molecular formula is C25H22N4O3. The fourth-order valence-electron chi connectivity index (χ4n) is 3.85. The van der Waals surface area contributed by atoms with Gasteiger partial charge in [-0.2, -0.15) is 0 Å². The molecule has 5 aromatic rings. The van der Waals surface area contributed by atoms with Crippen molar-refractivity contribution in [3.05, 3.63) is 89.7 Å². The molecule has 0 atom stereocenters. The molecule has 0 aliphatic heterocycles. The number of H-pyrrole nitrogens is 1. The number of aromatic nitrogens is 3. The summed E-state index contributed by atoms with van der Waals surface area (Å²) in [5.74, 6) is 0.990. The predicted molar refractivity (Wildman–Crippen MR) is 121 cm³/mol. The molecule has 7 heteroatoms. The van der Waals surface area contributed by atoms with Crippen molar-refractivity contribution in [1.29, 1.82) is 0 Å². The fourth-order valence-corrected chi connectivity index (χ4v) is 3.85. The first-order valence-electron chi connectivity index (χ1n) is 10.3. The highest BCUT2D eigenvalue weighted by molar-refractivity contribution is 5.92. The lowest BCUT2D eigenvalue weighted by Crippen LogP contribution is -2.26. The van der Waals surface area contributed by atoms with Crippen LogP contribution in [0.4, 0.5) is 0 Å². The molecule has 0 radical (unpaired) electrons. The number of hydrogen-bond donors (Lipinski definition) is 1. The minimum atomic E-state index is -0.214. The molecule has 1 amide bonds. The molecule has 3 aromatic heterocycles. The predicted octanol–water partition coefficient (Wildman–Crippen LogP) is 4.86. The lowest BCUT2D eigenvalue weighted by Gasteiger charge is -2.15. The Labute approximate surface area is 184 Å². The maximum Gasteiger partial charge on any atom is 0.276 e. The summed E-state index contributed by atoms with van der Waals surface area (Å²) in [6.07, 6.45) is 3.52. The first-order valence-corrected chi connectivity index (χ1v) is 10.3. The second kappa shape index (κ2) is 8.19. The van der Waals surface area contributed by atoms with Gasteiger partial charge in [0.1, 0.15) is 12.4 Å². The van der Waals surface area contributed by atoms with Crippen LogP contribution in [0, 0.1) is 6.92 Å². The number of hydrogen-bond acceptors (Lipinski definition) is 5. The smallest absolute Gasteiger partial charge is 0.276 e. The van der Waals surface area contributed by atoms with Gasteiger partial charge in [-0.25, -0.2) is 0 Å². The number of carbonyl (C=O) groups is 1. The molecule has 0 fully saturated rings. The van der Waals surface area contributed by atoms with Crippen LogP contribution >= 0.6 is 0 Å². The van der Waals surface area contributed by atoms with Gasteiger partial charge in [-0.15, -0.1) is 0 Å². The van der Waals surface area contributed by atoms with Gasteiger partial charge in [0.15, 0.2) is 11.5 Å². The van der Waals surface area contributed by atoms with E-state index in [9.17, 15) is 4.79 Å². The van der Waals surface area contributed by atoms with Gasteiger partial charge in [0.2, 0.25) is 0 Å². The molecule has 0 saturated carbocycles. The van der Waals surface area contributed by atoms with E-state index in [1.165, 1.54) is 0 Å². The van der Waals surface area contributed by atoms with Crippen LogP contribution in [0.5, 0.6) is 5.75 Å². The summed E-state index contributed by atoms with van der Waals surface area (Å²) in [5.41, 5.74) is 3.45. The first kappa shape index (κ1) is 19.8. The van der Waals surface area contributed by atoms with Crippen LogP contribution in [0.15, 0.2) is 71.5 Å². The van der Waals surface area contributed by atoms with Crippen LogP contribution < -0.4 is 4.74 Å². The number of aromatic amines is 1. The highest BCUT2D eigenvalue weighted by Gasteiger charge is 2.19. The Hall–Kier alpha value is -4.13. The zero-order valence-corrected chi connectivity index (χ0v) is 17.8. The largest absolute Gasteiger partial charge is 0.485 e. The molecule has 0 aliphatic carbocycles. The van der Waals surface area contributed by atoms with Gasteiger partial charge in [0.05, 0.1) is 6.54 Å². The molecule has 0 unspecified atom stereocenters. The quantitative estimate of drug-likeness (QED) is 0.419. The Kier molecular flexibility index (Phi) is 5.07. The van der Waals surface area contributed by atoms with E-state index in [4.69, 9.17) is 9.26 Å². The van der Waals surface area contributed by atoms with E-state index >= 15 is 0 Å². The maximum atomic E-state index is 12.9. The van der Waals surface area contributed by atoms with Crippen LogP contribution in [0.3, 0.4) is 0 Å². The summed E-state index contributed by atoms with van der Waals surface area (Å²) >= 11 is 0. The number of ether oxygens (including phenoxy) is 1. The lowest BCUT2D eigenvalue weighted by molar-refractivity contribution is 0.0773. The summed E-state index contributed by atoms with van der Waals surface area (Å²) in [5, 5.41) is 7.07. The van der Waals surface area contributed by atoms with E-state index in [1.807, 2.05) is 42.5 Å². The highest BCUT2D eigenvalue weighted by atomic mass is 16.5. The Balaban J connectivity index is 1.27. The van der Waals surface area contributed by atoms with Crippen molar-refractivity contribution >= 4 is 27.6 Å². The summed E-state index contributed by atoms with van der Waals surface area (Å²) in [6.45, 7) is 2.68. The van der Waals surface area contributed by atoms with Crippen LogP contribution in [-0.2, 0) is 13.2 Å². The third-order valence-corrected chi connectivity index (χ3v) is 5.60. The molecular weight excluding hydrogens is 404 g/mol. The highest BCUT2D eigenvalue weighted by Crippen LogP contribution is 2.26. The van der Waals surface area contributed by atoms with Gasteiger partial charge >= 0.3 is 0 Å². The molecule has 7 nitrogen and oxygen atoms in total. The monoisotopic (exact) mass is 426 g/mol. The topological polar surface area (TPSA) is 84.2 Å². The van der Waals surface area contributed by atoms with Gasteiger partial charge < -0.3 is 19.1 Å². The summed E-state index contributed by atoms with van der Waals surface area (Å²) in [6, 6.07) is 17.4. The van der Waals surface area contributed by atoms with E-state index in [0.29, 0.717) is 12.3 Å². The third kappa shape index (κ3) is 3.69. The maximum absolute atomic E-state index is 12.9. The van der Waals surface area contributed by atoms with E-state index in [0.717, 1.165) is 38.7 Å². The molecule has 3 heterocycles. The number of fused-ring (bicyclic) bond motifs is 2. The number of amides is 1. The molecule has 160 valence electrons. The molecule has 32 heavy (non-hydrogen) atoms. The fraction of sp³-hybridized carbons (Fsp3) is 0.160. The number of pyridine rings is 1. The minimum Gasteiger partial charge on any atom is -0.485 e. The summed E-state index contributed by atoms with van der Waals surface area (Å²) in [4.78, 5) is 22.0. The summed E-state index contributed by atoms with van der Waals surface area (Å²) in [7, 11) is 1.75. The number of aryl methyl sites for hydroxylation is 1. The third-order valence-electron chi connectivity index (χ3n) is 5.60. The van der Waals surface area contributed by atoms with Crippen LogP contribution in [0.25, 0.3) is 21.7 Å². The number of carbonyl (C=O) groups excluding carboxylic acids is 1. The van der Waals surface area contributed by atoms with Gasteiger partial charge in [0.25, 0.3) is 5.91 Å². The molecule has 0 aliphatic rings. The van der Waals surface area contributed by atoms with Crippen molar-refractivity contribution in [2.45, 2.75) is 20.1 Å². The zero-order valence-electron chi connectivity index (χ0n) is 17.8. The summed E-state index contributed by atoms with van der Waals surface area (Å²) < 4.78 is 11.3. The zero-order chi connectivity index (χ0) is 22.1. The number of nitrogens with zero attached hydrogens (tertiary/aromatic N) is 3. The average Bonchev–Trinajstić information content (AvgIpc) is 3.42. The lowest BCUT2D eigenvalue weighted by atomic mass is 10.1. The Morgan fingerprint density at radius 3 is 2.88 bits per heavy atom. The first-order chi connectivity index (χ1) is 15.6. The van der Waals surface area contributed by atoms with Gasteiger partial charge in [-0.1, -0.05) is 35.5 Å². The van der Waals surface area contributed by atoms with E-state index < -0.39 is 0 Å². The van der Waals surface area contributed by atoms with Crippen molar-refractivity contribution in [3.8, 4) is 5.75 Å². The van der Waals surface area contributed by atoms with Crippen molar-refractivity contribution in [1.82, 2.24) is 20.0 Å². The second-order valence-corrected chi connectivity index (χ2v) is 7.76. The minimum absolute atomic E-state index is 0.173. The van der Waals surface area contributed by atoms with E-state index in [1.54, 1.807) is 30.4 Å². The number of benzene rings is 2. The molecule has 0 spiro atoms. The van der Waals surface area contributed by atoms with Gasteiger partial charge in [-0.05, 0) is 30.7 Å². The van der Waals surface area contributed by atoms with Gasteiger partial charge in [0, 0.05) is 52.9 Å². The normalized spacial score (nSPS) is 11.2. The average molecular weight is 426 g/mol. The standard InChI is InChI=1S/C25H22N4O3/c1-16-19-7-3-4-8-21(19)27-23(16)14-29(2)25(30)22-12-18(32-28-22)15-31-24-9-5-6-17-13-26-11-10-20(17)24/h3-13,27H,14-15H2,1-2H3. The Bertz CT molecular complexity index is 1410. The van der Waals surface area contributed by atoms with Crippen molar-refractivity contribution in [2.24, 2.45) is 0 Å². The van der Waals surface area contributed by atoms with E-state index in [2.05, 4.69) is 28.1 Å². The van der Waals surface area contributed by atoms with Crippen LogP contribution in [0.1, 0.15) is 27.5 Å². The molecule has 5 rings (SSSR count). The number of rotatable bonds is 6. The SMILES string of the molecule is Cc1c(CN(C)C(=O)c2cc(COc3cccc4cnccc34)on2)[nH]c2ccccc12. The van der Waals surface area contributed by atoms with E-state index in [-0.39, 0.29) is 18.2 Å². The van der Waals surface area contributed by atoms with Crippen molar-refractivity contribution in [3.63, 3.8) is 0 Å². The molecule has 0 saturated heterocycles. The Morgan fingerprint density at radius 1 is 1.12 bits per heavy atom. The second-order valence-electron chi connectivity index (χ2n) is 7.76. The number of nitrogens with one attached hydrogen (secondary N) is 1. The number of para-hydroxylation sites is 1.